The highest BCUT2D eigenvalue weighted by molar-refractivity contribution is 5.55. The maximum Gasteiger partial charge on any atom is 0.244 e. The van der Waals surface area contributed by atoms with Crippen molar-refractivity contribution in [2.45, 2.75) is 26.7 Å². The molecular formula is C12H21N3O3. The monoisotopic (exact) mass is 255 g/mol. The third-order valence-corrected chi connectivity index (χ3v) is 2.07. The molecule has 0 aliphatic carbocycles. The first-order valence-electron chi connectivity index (χ1n) is 6.23. The lowest BCUT2D eigenvalue weighted by molar-refractivity contribution is 0.0991. The third-order valence-electron chi connectivity index (χ3n) is 2.07. The summed E-state index contributed by atoms with van der Waals surface area (Å²) in [5.41, 5.74) is 6.18. The van der Waals surface area contributed by atoms with Gasteiger partial charge < -0.3 is 19.9 Å². The minimum Gasteiger partial charge on any atom is -0.476 e. The molecule has 0 aliphatic heterocycles. The molecule has 6 heteroatoms. The Morgan fingerprint density at radius 1 is 0.944 bits per heavy atom. The number of rotatable bonds is 9. The Labute approximate surface area is 107 Å². The smallest absolute Gasteiger partial charge is 0.244 e. The van der Waals surface area contributed by atoms with Crippen molar-refractivity contribution >= 4 is 5.69 Å². The summed E-state index contributed by atoms with van der Waals surface area (Å²) in [6, 6.07) is 0. The van der Waals surface area contributed by atoms with Gasteiger partial charge in [-0.3, -0.25) is 0 Å². The summed E-state index contributed by atoms with van der Waals surface area (Å²) in [6.07, 6.45) is 3.26. The van der Waals surface area contributed by atoms with Crippen LogP contribution in [0.25, 0.3) is 0 Å². The molecule has 2 N–H and O–H groups in total. The van der Waals surface area contributed by atoms with Crippen LogP contribution in [-0.2, 0) is 4.74 Å². The number of nitrogens with two attached hydrogens (primary N) is 1. The van der Waals surface area contributed by atoms with Gasteiger partial charge in [0.05, 0.1) is 13.2 Å². The molecule has 0 aromatic carbocycles. The highest BCUT2D eigenvalue weighted by Gasteiger charge is 2.10. The van der Waals surface area contributed by atoms with Crippen molar-refractivity contribution in [1.29, 1.82) is 0 Å². The molecule has 1 heterocycles. The molecule has 0 fully saturated rings. The van der Waals surface area contributed by atoms with Gasteiger partial charge in [-0.15, -0.1) is 0 Å². The molecule has 0 aliphatic rings. The first-order chi connectivity index (χ1) is 8.79. The van der Waals surface area contributed by atoms with E-state index in [2.05, 4.69) is 16.9 Å². The molecule has 0 radical (unpaired) electrons. The maximum atomic E-state index is 5.85. The fourth-order valence-corrected chi connectivity index (χ4v) is 1.24. The van der Waals surface area contributed by atoms with Crippen molar-refractivity contribution in [2.24, 2.45) is 0 Å². The van der Waals surface area contributed by atoms with Crippen molar-refractivity contribution in [3.05, 3.63) is 6.33 Å². The molecule has 102 valence electrons. The molecule has 6 nitrogen and oxygen atoms in total. The van der Waals surface area contributed by atoms with Gasteiger partial charge in [-0.1, -0.05) is 13.8 Å². The summed E-state index contributed by atoms with van der Waals surface area (Å²) < 4.78 is 16.1. The van der Waals surface area contributed by atoms with Crippen LogP contribution in [0, 0.1) is 0 Å². The fourth-order valence-electron chi connectivity index (χ4n) is 1.24. The molecule has 0 saturated heterocycles. The lowest BCUT2D eigenvalue weighted by Crippen LogP contribution is -2.10. The van der Waals surface area contributed by atoms with Crippen LogP contribution in [0.1, 0.15) is 26.7 Å². The van der Waals surface area contributed by atoms with E-state index < -0.39 is 0 Å². The largest absolute Gasteiger partial charge is 0.476 e. The van der Waals surface area contributed by atoms with Crippen LogP contribution >= 0.6 is 0 Å². The number of aromatic nitrogens is 2. The summed E-state index contributed by atoms with van der Waals surface area (Å²) in [7, 11) is 0. The quantitative estimate of drug-likeness (QED) is 0.676. The van der Waals surface area contributed by atoms with Gasteiger partial charge in [-0.05, 0) is 12.8 Å². The number of hydrogen-bond acceptors (Lipinski definition) is 6. The van der Waals surface area contributed by atoms with Crippen LogP contribution in [0.3, 0.4) is 0 Å². The average molecular weight is 255 g/mol. The van der Waals surface area contributed by atoms with E-state index in [1.807, 2.05) is 6.92 Å². The molecule has 0 amide bonds. The van der Waals surface area contributed by atoms with Crippen LogP contribution in [0.5, 0.6) is 11.8 Å². The highest BCUT2D eigenvalue weighted by atomic mass is 16.5. The topological polar surface area (TPSA) is 79.5 Å². The Hall–Kier alpha value is -1.56. The van der Waals surface area contributed by atoms with Crippen molar-refractivity contribution in [1.82, 2.24) is 9.97 Å². The molecule has 1 rings (SSSR count). The summed E-state index contributed by atoms with van der Waals surface area (Å²) in [5, 5.41) is 0. The second kappa shape index (κ2) is 8.52. The van der Waals surface area contributed by atoms with Gasteiger partial charge in [-0.25, -0.2) is 0 Å². The first-order valence-corrected chi connectivity index (χ1v) is 6.23. The van der Waals surface area contributed by atoms with Crippen molar-refractivity contribution < 1.29 is 14.2 Å². The van der Waals surface area contributed by atoms with Crippen molar-refractivity contribution in [3.8, 4) is 11.8 Å². The Kier molecular flexibility index (Phi) is 6.86. The summed E-state index contributed by atoms with van der Waals surface area (Å²) in [5.74, 6) is 0.715. The molecule has 1 aromatic rings. The number of ether oxygens (including phenoxy) is 3. The normalized spacial score (nSPS) is 10.3. The van der Waals surface area contributed by atoms with Crippen molar-refractivity contribution in [2.75, 3.05) is 32.2 Å². The van der Waals surface area contributed by atoms with E-state index >= 15 is 0 Å². The van der Waals surface area contributed by atoms with E-state index in [0.717, 1.165) is 19.4 Å². The van der Waals surface area contributed by atoms with Gasteiger partial charge in [0.25, 0.3) is 0 Å². The van der Waals surface area contributed by atoms with E-state index in [9.17, 15) is 0 Å². The van der Waals surface area contributed by atoms with E-state index in [1.54, 1.807) is 0 Å². The first kappa shape index (κ1) is 14.5. The summed E-state index contributed by atoms with van der Waals surface area (Å²) >= 11 is 0. The van der Waals surface area contributed by atoms with Crippen LogP contribution in [0.2, 0.25) is 0 Å². The summed E-state index contributed by atoms with van der Waals surface area (Å²) in [6.45, 7) is 6.30. The Morgan fingerprint density at radius 3 is 2.17 bits per heavy atom. The van der Waals surface area contributed by atoms with Gasteiger partial charge in [0.15, 0.2) is 5.69 Å². The zero-order valence-electron chi connectivity index (χ0n) is 11.0. The second-order valence-electron chi connectivity index (χ2n) is 3.71. The second-order valence-corrected chi connectivity index (χ2v) is 3.71. The standard InChI is InChI=1S/C12H21N3O3/c1-3-5-16-7-8-18-12-10(13)11(14-9-15-12)17-6-4-2/h9H,3-8,13H2,1-2H3. The minimum absolute atomic E-state index is 0.335. The Morgan fingerprint density at radius 2 is 1.56 bits per heavy atom. The molecular weight excluding hydrogens is 234 g/mol. The van der Waals surface area contributed by atoms with E-state index in [4.69, 9.17) is 19.9 Å². The lowest BCUT2D eigenvalue weighted by atomic mass is 10.5. The minimum atomic E-state index is 0.335. The van der Waals surface area contributed by atoms with Gasteiger partial charge in [0, 0.05) is 6.61 Å². The van der Waals surface area contributed by atoms with Gasteiger partial charge in [-0.2, -0.15) is 9.97 Å². The summed E-state index contributed by atoms with van der Waals surface area (Å²) in [4.78, 5) is 7.94. The third kappa shape index (κ3) is 4.75. The fraction of sp³-hybridized carbons (Fsp3) is 0.667. The molecule has 0 bridgehead atoms. The van der Waals surface area contributed by atoms with E-state index in [-0.39, 0.29) is 0 Å². The van der Waals surface area contributed by atoms with Gasteiger partial charge in [0.2, 0.25) is 11.8 Å². The van der Waals surface area contributed by atoms with Crippen LogP contribution < -0.4 is 15.2 Å². The van der Waals surface area contributed by atoms with Crippen LogP contribution in [-0.4, -0.2) is 36.4 Å². The number of hydrogen-bond donors (Lipinski definition) is 1. The average Bonchev–Trinajstić information content (AvgIpc) is 2.39. The van der Waals surface area contributed by atoms with E-state index in [0.29, 0.717) is 37.3 Å². The zero-order valence-corrected chi connectivity index (χ0v) is 11.0. The van der Waals surface area contributed by atoms with Crippen LogP contribution in [0.4, 0.5) is 5.69 Å². The maximum absolute atomic E-state index is 5.85. The zero-order chi connectivity index (χ0) is 13.2. The predicted molar refractivity (Wildman–Crippen MR) is 68.8 cm³/mol. The highest BCUT2D eigenvalue weighted by Crippen LogP contribution is 2.26. The molecule has 0 atom stereocenters. The molecule has 0 saturated carbocycles. The van der Waals surface area contributed by atoms with Crippen molar-refractivity contribution in [3.63, 3.8) is 0 Å². The predicted octanol–water partition coefficient (Wildman–Crippen LogP) is 1.65. The number of nitrogens with zero attached hydrogens (tertiary/aromatic N) is 2. The molecule has 18 heavy (non-hydrogen) atoms. The van der Waals surface area contributed by atoms with Gasteiger partial charge in [0.1, 0.15) is 12.9 Å². The van der Waals surface area contributed by atoms with E-state index in [1.165, 1.54) is 6.33 Å². The number of nitrogen functional groups attached to an aromatic ring is 1. The molecule has 1 aromatic heterocycles. The van der Waals surface area contributed by atoms with Crippen LogP contribution in [0.15, 0.2) is 6.33 Å². The molecule has 0 unspecified atom stereocenters. The lowest BCUT2D eigenvalue weighted by Gasteiger charge is -2.10. The SMILES string of the molecule is CCCOCCOc1ncnc(OCCC)c1N. The Bertz CT molecular complexity index is 347. The van der Waals surface area contributed by atoms with Gasteiger partial charge >= 0.3 is 0 Å². The number of anilines is 1. The molecule has 0 spiro atoms. The Balaban J connectivity index is 2.44.